The van der Waals surface area contributed by atoms with Crippen LogP contribution in [0.15, 0.2) is 35.7 Å². The van der Waals surface area contributed by atoms with Gasteiger partial charge in [-0.05, 0) is 60.7 Å². The van der Waals surface area contributed by atoms with Gasteiger partial charge in [0, 0.05) is 39.0 Å². The third-order valence-electron chi connectivity index (χ3n) is 7.13. The predicted molar refractivity (Wildman–Crippen MR) is 131 cm³/mol. The second-order valence-electron chi connectivity index (χ2n) is 9.18. The monoisotopic (exact) mass is 484 g/mol. The Bertz CT molecular complexity index is 1030. The van der Waals surface area contributed by atoms with Gasteiger partial charge in [0.2, 0.25) is 5.91 Å². The van der Waals surface area contributed by atoms with Crippen molar-refractivity contribution in [2.75, 3.05) is 40.4 Å². The summed E-state index contributed by atoms with van der Waals surface area (Å²) < 4.78 is 10.7. The molecule has 2 saturated heterocycles. The number of methoxy groups -OCH3 is 2. The Morgan fingerprint density at radius 2 is 1.71 bits per heavy atom. The fraction of sp³-hybridized carbons (Fsp3) is 0.500. The molecule has 2 aromatic rings. The zero-order valence-electron chi connectivity index (χ0n) is 19.9. The smallest absolute Gasteiger partial charge is 0.257 e. The normalized spacial score (nSPS) is 17.1. The molecule has 8 heteroatoms. The molecule has 3 heterocycles. The molecule has 0 atom stereocenters. The van der Waals surface area contributed by atoms with Gasteiger partial charge in [-0.3, -0.25) is 14.4 Å². The van der Waals surface area contributed by atoms with Gasteiger partial charge < -0.3 is 19.3 Å². The molecule has 2 amide bonds. The predicted octanol–water partition coefficient (Wildman–Crippen LogP) is 4.27. The van der Waals surface area contributed by atoms with Crippen LogP contribution in [0.25, 0.3) is 0 Å². The van der Waals surface area contributed by atoms with Crippen molar-refractivity contribution in [2.24, 2.45) is 5.41 Å². The number of amides is 2. The summed E-state index contributed by atoms with van der Waals surface area (Å²) in [6.45, 7) is 2.83. The molecule has 0 radical (unpaired) electrons. The first-order valence-corrected chi connectivity index (χ1v) is 12.7. The van der Waals surface area contributed by atoms with E-state index in [4.69, 9.17) is 9.47 Å². The van der Waals surface area contributed by atoms with Gasteiger partial charge in [-0.2, -0.15) is 0 Å². The molecule has 0 unspecified atom stereocenters. The quantitative estimate of drug-likeness (QED) is 0.523. The highest BCUT2D eigenvalue weighted by Crippen LogP contribution is 2.41. The average molecular weight is 485 g/mol. The van der Waals surface area contributed by atoms with E-state index in [1.54, 1.807) is 32.4 Å². The summed E-state index contributed by atoms with van der Waals surface area (Å²) in [6, 6.07) is 8.97. The third-order valence-corrected chi connectivity index (χ3v) is 8.04. The van der Waals surface area contributed by atoms with Crippen LogP contribution in [-0.2, 0) is 4.79 Å². The minimum absolute atomic E-state index is 0.0491. The highest BCUT2D eigenvalue weighted by atomic mass is 32.1. The molecule has 34 heavy (non-hydrogen) atoms. The van der Waals surface area contributed by atoms with Crippen molar-refractivity contribution < 1.29 is 23.9 Å². The first kappa shape index (κ1) is 24.3. The second-order valence-corrected chi connectivity index (χ2v) is 10.1. The van der Waals surface area contributed by atoms with Crippen molar-refractivity contribution in [3.8, 4) is 11.5 Å². The van der Waals surface area contributed by atoms with Gasteiger partial charge in [0.1, 0.15) is 11.5 Å². The summed E-state index contributed by atoms with van der Waals surface area (Å²) in [6.07, 6.45) is 4.14. The molecule has 1 spiro atoms. The average Bonchev–Trinajstić information content (AvgIpc) is 3.55. The van der Waals surface area contributed by atoms with E-state index >= 15 is 0 Å². The van der Waals surface area contributed by atoms with Gasteiger partial charge in [0.05, 0.1) is 24.7 Å². The number of nitrogens with zero attached hydrogens (tertiary/aromatic N) is 2. The molecule has 2 aliphatic heterocycles. The number of Topliss-reactive ketones (excluding diaryl/α,β-unsaturated/α-hetero) is 1. The van der Waals surface area contributed by atoms with Crippen molar-refractivity contribution in [1.82, 2.24) is 9.80 Å². The molecule has 1 aromatic carbocycles. The molecule has 0 bridgehead atoms. The van der Waals surface area contributed by atoms with Crippen LogP contribution in [0.1, 0.15) is 58.6 Å². The van der Waals surface area contributed by atoms with Crippen LogP contribution in [0.5, 0.6) is 11.5 Å². The van der Waals surface area contributed by atoms with Gasteiger partial charge in [0.25, 0.3) is 5.91 Å². The lowest BCUT2D eigenvalue weighted by Crippen LogP contribution is -2.44. The third kappa shape index (κ3) is 5.27. The van der Waals surface area contributed by atoms with E-state index < -0.39 is 0 Å². The van der Waals surface area contributed by atoms with Crippen LogP contribution in [0.2, 0.25) is 0 Å². The van der Waals surface area contributed by atoms with Crippen molar-refractivity contribution in [3.05, 3.63) is 46.2 Å². The first-order valence-electron chi connectivity index (χ1n) is 11.8. The molecule has 1 aromatic heterocycles. The molecule has 0 N–H and O–H groups in total. The lowest BCUT2D eigenvalue weighted by atomic mass is 9.77. The van der Waals surface area contributed by atoms with Crippen molar-refractivity contribution >= 4 is 28.9 Å². The number of carbonyl (C=O) groups excluding carboxylic acids is 3. The number of ether oxygens (including phenoxy) is 2. The van der Waals surface area contributed by atoms with E-state index in [-0.39, 0.29) is 23.0 Å². The van der Waals surface area contributed by atoms with Crippen LogP contribution < -0.4 is 9.47 Å². The maximum atomic E-state index is 13.2. The van der Waals surface area contributed by atoms with E-state index in [2.05, 4.69) is 0 Å². The summed E-state index contributed by atoms with van der Waals surface area (Å²) in [4.78, 5) is 42.7. The number of likely N-dealkylation sites (tertiary alicyclic amines) is 2. The standard InChI is InChI=1S/C26H32N2O5S/c1-32-19-8-9-22(33-2)20(17-19)25(31)27-13-10-26(11-14-27)12-15-28(18-26)24(30)7-3-5-21(29)23-6-4-16-34-23/h4,6,8-9,16-17H,3,5,7,10-15,18H2,1-2H3. The Kier molecular flexibility index (Phi) is 7.56. The topological polar surface area (TPSA) is 76.2 Å². The van der Waals surface area contributed by atoms with Crippen molar-refractivity contribution in [2.45, 2.75) is 38.5 Å². The van der Waals surface area contributed by atoms with Gasteiger partial charge in [-0.1, -0.05) is 6.07 Å². The highest BCUT2D eigenvalue weighted by Gasteiger charge is 2.42. The van der Waals surface area contributed by atoms with E-state index in [9.17, 15) is 14.4 Å². The van der Waals surface area contributed by atoms with Crippen LogP contribution in [0.4, 0.5) is 0 Å². The highest BCUT2D eigenvalue weighted by molar-refractivity contribution is 7.12. The molecule has 2 fully saturated rings. The van der Waals surface area contributed by atoms with E-state index in [0.29, 0.717) is 49.4 Å². The largest absolute Gasteiger partial charge is 0.497 e. The van der Waals surface area contributed by atoms with E-state index in [0.717, 1.165) is 37.2 Å². The summed E-state index contributed by atoms with van der Waals surface area (Å²) in [5.74, 6) is 1.37. The molecule has 0 saturated carbocycles. The number of thiophene rings is 1. The zero-order valence-corrected chi connectivity index (χ0v) is 20.7. The summed E-state index contributed by atoms with van der Waals surface area (Å²) >= 11 is 1.45. The molecule has 2 aliphatic rings. The zero-order chi connectivity index (χ0) is 24.1. The van der Waals surface area contributed by atoms with Crippen molar-refractivity contribution in [1.29, 1.82) is 0 Å². The van der Waals surface area contributed by atoms with E-state index in [1.807, 2.05) is 27.3 Å². The summed E-state index contributed by atoms with van der Waals surface area (Å²) in [5.41, 5.74) is 0.593. The molecular formula is C26H32N2O5S. The van der Waals surface area contributed by atoms with Crippen molar-refractivity contribution in [3.63, 3.8) is 0 Å². The molecule has 0 aliphatic carbocycles. The van der Waals surface area contributed by atoms with Gasteiger partial charge in [-0.15, -0.1) is 11.3 Å². The minimum atomic E-state index is -0.0491. The minimum Gasteiger partial charge on any atom is -0.497 e. The number of hydrogen-bond donors (Lipinski definition) is 0. The number of hydrogen-bond acceptors (Lipinski definition) is 6. The maximum Gasteiger partial charge on any atom is 0.257 e. The number of benzene rings is 1. The van der Waals surface area contributed by atoms with Crippen LogP contribution in [-0.4, -0.2) is 67.8 Å². The Balaban J connectivity index is 1.27. The lowest BCUT2D eigenvalue weighted by Gasteiger charge is -2.39. The fourth-order valence-corrected chi connectivity index (χ4v) is 5.70. The molecule has 7 nitrogen and oxygen atoms in total. The molecule has 4 rings (SSSR count). The van der Waals surface area contributed by atoms with Gasteiger partial charge >= 0.3 is 0 Å². The summed E-state index contributed by atoms with van der Waals surface area (Å²) in [5, 5.41) is 1.90. The summed E-state index contributed by atoms with van der Waals surface area (Å²) in [7, 11) is 3.14. The van der Waals surface area contributed by atoms with Crippen LogP contribution >= 0.6 is 11.3 Å². The fourth-order valence-electron chi connectivity index (χ4n) is 5.01. The molecular weight excluding hydrogens is 452 g/mol. The van der Waals surface area contributed by atoms with Gasteiger partial charge in [0.15, 0.2) is 5.78 Å². The Hall–Kier alpha value is -2.87. The van der Waals surface area contributed by atoms with E-state index in [1.165, 1.54) is 11.3 Å². The Morgan fingerprint density at radius 3 is 2.35 bits per heavy atom. The second kappa shape index (κ2) is 10.6. The van der Waals surface area contributed by atoms with Crippen LogP contribution in [0, 0.1) is 5.41 Å². The van der Waals surface area contributed by atoms with Crippen LogP contribution in [0.3, 0.4) is 0 Å². The SMILES string of the molecule is COc1ccc(OC)c(C(=O)N2CCC3(CCN(C(=O)CCCC(=O)c4cccs4)C3)CC2)c1. The molecule has 182 valence electrons. The Labute approximate surface area is 204 Å². The maximum absolute atomic E-state index is 13.2. The lowest BCUT2D eigenvalue weighted by molar-refractivity contribution is -0.130. The first-order chi connectivity index (χ1) is 16.4. The number of rotatable bonds is 8. The number of ketones is 1. The number of carbonyl (C=O) groups is 3. The van der Waals surface area contributed by atoms with Gasteiger partial charge in [-0.25, -0.2) is 0 Å². The Morgan fingerprint density at radius 1 is 0.971 bits per heavy atom. The number of piperidine rings is 1.